The smallest absolute Gasteiger partial charge is 0.250 e. The monoisotopic (exact) mass is 207 g/mol. The quantitative estimate of drug-likeness (QED) is 0.555. The Kier molecular flexibility index (Phi) is 3.79. The minimum atomic E-state index is -0.482. The molecule has 1 heterocycles. The van der Waals surface area contributed by atoms with Crippen molar-refractivity contribution in [2.45, 2.75) is 13.5 Å². The first-order valence-electron chi connectivity index (χ1n) is 4.51. The lowest BCUT2D eigenvalue weighted by atomic mass is 10.2. The number of rotatable bonds is 4. The van der Waals surface area contributed by atoms with Crippen LogP contribution in [0.25, 0.3) is 0 Å². The Balaban J connectivity index is 2.54. The van der Waals surface area contributed by atoms with Gasteiger partial charge in [0.1, 0.15) is 0 Å². The molecule has 80 valence electrons. The van der Waals surface area contributed by atoms with E-state index in [1.165, 1.54) is 6.20 Å². The van der Waals surface area contributed by atoms with Crippen LogP contribution < -0.4 is 0 Å². The van der Waals surface area contributed by atoms with Crippen LogP contribution in [0.5, 0.6) is 0 Å². The van der Waals surface area contributed by atoms with Crippen molar-refractivity contribution in [2.75, 3.05) is 7.05 Å². The highest BCUT2D eigenvalue weighted by Crippen LogP contribution is 2.02. The second-order valence-corrected chi connectivity index (χ2v) is 3.31. The molecule has 15 heavy (non-hydrogen) atoms. The first kappa shape index (κ1) is 11.2. The van der Waals surface area contributed by atoms with E-state index in [1.807, 2.05) is 19.1 Å². The highest BCUT2D eigenvalue weighted by molar-refractivity contribution is 5.13. The summed E-state index contributed by atoms with van der Waals surface area (Å²) in [5.74, 6) is 0. The largest absolute Gasteiger partial charge is 0.371 e. The fourth-order valence-electron chi connectivity index (χ4n) is 1.10. The molecule has 1 rings (SSSR count). The number of nitrogens with zero attached hydrogens (tertiary/aromatic N) is 3. The van der Waals surface area contributed by atoms with E-state index >= 15 is 0 Å². The van der Waals surface area contributed by atoms with Crippen molar-refractivity contribution in [3.8, 4) is 0 Å². The average Bonchev–Trinajstić information content (AvgIpc) is 2.19. The molecule has 1 aromatic heterocycles. The van der Waals surface area contributed by atoms with Crippen molar-refractivity contribution in [1.29, 1.82) is 0 Å². The zero-order valence-corrected chi connectivity index (χ0v) is 8.75. The highest BCUT2D eigenvalue weighted by Gasteiger charge is 1.97. The summed E-state index contributed by atoms with van der Waals surface area (Å²) in [5.41, 5.74) is 1.98. The molecule has 0 aliphatic heterocycles. The lowest BCUT2D eigenvalue weighted by Crippen LogP contribution is -2.10. The standard InChI is InChI=1S/C10H13N3O2/c1-9-3-4-10(7-11-9)8-12(2)5-6-13(14)15/h3-7H,8H2,1-2H3/b6-5+. The molecule has 0 amide bonds. The van der Waals surface area contributed by atoms with Crippen molar-refractivity contribution in [3.05, 3.63) is 52.1 Å². The maximum absolute atomic E-state index is 10.1. The first-order chi connectivity index (χ1) is 7.08. The summed E-state index contributed by atoms with van der Waals surface area (Å²) in [6.07, 6.45) is 4.12. The maximum Gasteiger partial charge on any atom is 0.250 e. The predicted molar refractivity (Wildman–Crippen MR) is 56.6 cm³/mol. The summed E-state index contributed by atoms with van der Waals surface area (Å²) in [6, 6.07) is 3.87. The van der Waals surface area contributed by atoms with Crippen molar-refractivity contribution < 1.29 is 4.92 Å². The third-order valence-corrected chi connectivity index (χ3v) is 1.85. The minimum Gasteiger partial charge on any atom is -0.371 e. The Morgan fingerprint density at radius 3 is 2.87 bits per heavy atom. The van der Waals surface area contributed by atoms with Gasteiger partial charge in [-0.25, -0.2) is 0 Å². The van der Waals surface area contributed by atoms with Crippen molar-refractivity contribution in [2.24, 2.45) is 0 Å². The molecule has 0 spiro atoms. The zero-order valence-electron chi connectivity index (χ0n) is 8.75. The van der Waals surface area contributed by atoms with Crippen LogP contribution in [0.1, 0.15) is 11.3 Å². The van der Waals surface area contributed by atoms with Crippen molar-refractivity contribution >= 4 is 0 Å². The van der Waals surface area contributed by atoms with Gasteiger partial charge in [0, 0.05) is 25.5 Å². The molecule has 0 aliphatic carbocycles. The van der Waals surface area contributed by atoms with Gasteiger partial charge in [0.05, 0.1) is 11.1 Å². The van der Waals surface area contributed by atoms with E-state index in [4.69, 9.17) is 0 Å². The Hall–Kier alpha value is -1.91. The van der Waals surface area contributed by atoms with E-state index in [0.29, 0.717) is 6.54 Å². The molecule has 5 heteroatoms. The van der Waals surface area contributed by atoms with Gasteiger partial charge < -0.3 is 4.90 Å². The predicted octanol–water partition coefficient (Wildman–Crippen LogP) is 1.57. The summed E-state index contributed by atoms with van der Waals surface area (Å²) in [6.45, 7) is 2.53. The fourth-order valence-corrected chi connectivity index (χ4v) is 1.10. The molecule has 0 bridgehead atoms. The normalized spacial score (nSPS) is 10.5. The van der Waals surface area contributed by atoms with Crippen LogP contribution in [0, 0.1) is 17.0 Å². The van der Waals surface area contributed by atoms with Gasteiger partial charge in [0.25, 0.3) is 0 Å². The van der Waals surface area contributed by atoms with E-state index in [9.17, 15) is 10.1 Å². The molecule has 0 aliphatic rings. The molecular weight excluding hydrogens is 194 g/mol. The number of nitro groups is 1. The van der Waals surface area contributed by atoms with Crippen LogP contribution in [0.2, 0.25) is 0 Å². The SMILES string of the molecule is Cc1ccc(CN(C)/C=C/[N+](=O)[O-])cn1. The van der Waals surface area contributed by atoms with Gasteiger partial charge in [-0.2, -0.15) is 0 Å². The number of hydrogen-bond donors (Lipinski definition) is 0. The molecule has 0 fully saturated rings. The summed E-state index contributed by atoms with van der Waals surface area (Å²) in [4.78, 5) is 15.5. The molecular formula is C10H13N3O2. The molecule has 0 aromatic carbocycles. The van der Waals surface area contributed by atoms with E-state index in [-0.39, 0.29) is 0 Å². The van der Waals surface area contributed by atoms with Gasteiger partial charge in [0.15, 0.2) is 0 Å². The number of pyridine rings is 1. The third kappa shape index (κ3) is 4.21. The zero-order chi connectivity index (χ0) is 11.3. The summed E-state index contributed by atoms with van der Waals surface area (Å²) < 4.78 is 0. The number of hydrogen-bond acceptors (Lipinski definition) is 4. The minimum absolute atomic E-state index is 0.482. The molecule has 1 aromatic rings. The summed E-state index contributed by atoms with van der Waals surface area (Å²) in [5, 5.41) is 10.1. The molecule has 0 saturated carbocycles. The second-order valence-electron chi connectivity index (χ2n) is 3.31. The van der Waals surface area contributed by atoms with Gasteiger partial charge in [-0.3, -0.25) is 15.1 Å². The van der Waals surface area contributed by atoms with Crippen LogP contribution in [-0.4, -0.2) is 21.9 Å². The molecule has 0 atom stereocenters. The fraction of sp³-hybridized carbons (Fsp3) is 0.300. The van der Waals surface area contributed by atoms with Gasteiger partial charge in [-0.05, 0) is 18.6 Å². The number of aryl methyl sites for hydroxylation is 1. The Morgan fingerprint density at radius 1 is 1.60 bits per heavy atom. The van der Waals surface area contributed by atoms with Gasteiger partial charge >= 0.3 is 0 Å². The molecule has 5 nitrogen and oxygen atoms in total. The second kappa shape index (κ2) is 5.09. The van der Waals surface area contributed by atoms with E-state index < -0.39 is 4.92 Å². The van der Waals surface area contributed by atoms with Crippen LogP contribution in [0.4, 0.5) is 0 Å². The average molecular weight is 207 g/mol. The number of aromatic nitrogens is 1. The highest BCUT2D eigenvalue weighted by atomic mass is 16.6. The van der Waals surface area contributed by atoms with Crippen LogP contribution >= 0.6 is 0 Å². The van der Waals surface area contributed by atoms with E-state index in [1.54, 1.807) is 18.1 Å². The molecule has 0 radical (unpaired) electrons. The van der Waals surface area contributed by atoms with Gasteiger partial charge in [0.2, 0.25) is 6.20 Å². The molecule has 0 unspecified atom stereocenters. The summed E-state index contributed by atoms with van der Waals surface area (Å²) >= 11 is 0. The van der Waals surface area contributed by atoms with Crippen molar-refractivity contribution in [1.82, 2.24) is 9.88 Å². The lowest BCUT2D eigenvalue weighted by molar-refractivity contribution is -0.403. The van der Waals surface area contributed by atoms with Crippen LogP contribution in [0.15, 0.2) is 30.7 Å². The maximum atomic E-state index is 10.1. The van der Waals surface area contributed by atoms with Crippen LogP contribution in [-0.2, 0) is 6.54 Å². The third-order valence-electron chi connectivity index (χ3n) is 1.85. The summed E-state index contributed by atoms with van der Waals surface area (Å²) in [7, 11) is 1.78. The first-order valence-corrected chi connectivity index (χ1v) is 4.51. The lowest BCUT2D eigenvalue weighted by Gasteiger charge is -2.11. The molecule has 0 saturated heterocycles. The molecule has 0 N–H and O–H groups in total. The Morgan fingerprint density at radius 2 is 2.33 bits per heavy atom. The Labute approximate surface area is 88.2 Å². The van der Waals surface area contributed by atoms with E-state index in [2.05, 4.69) is 4.98 Å². The van der Waals surface area contributed by atoms with Gasteiger partial charge in [-0.15, -0.1) is 0 Å². The van der Waals surface area contributed by atoms with E-state index in [0.717, 1.165) is 17.5 Å². The Bertz CT molecular complexity index is 359. The topological polar surface area (TPSA) is 59.3 Å². The van der Waals surface area contributed by atoms with Gasteiger partial charge in [-0.1, -0.05) is 6.07 Å². The van der Waals surface area contributed by atoms with Crippen molar-refractivity contribution in [3.63, 3.8) is 0 Å². The van der Waals surface area contributed by atoms with Crippen LogP contribution in [0.3, 0.4) is 0 Å².